The molecule has 0 unspecified atom stereocenters. The molecule has 4 N–H and O–H groups in total. The zero-order chi connectivity index (χ0) is 14.0. The summed E-state index contributed by atoms with van der Waals surface area (Å²) in [5, 5.41) is 10.1. The van der Waals surface area contributed by atoms with Crippen molar-refractivity contribution in [2.24, 2.45) is 0 Å². The van der Waals surface area contributed by atoms with Gasteiger partial charge in [-0.05, 0) is 0 Å². The van der Waals surface area contributed by atoms with Crippen LogP contribution in [0, 0.1) is 0 Å². The predicted octanol–water partition coefficient (Wildman–Crippen LogP) is -0.762. The van der Waals surface area contributed by atoms with E-state index in [1.165, 1.54) is 18.4 Å². The summed E-state index contributed by atoms with van der Waals surface area (Å²) in [5.74, 6) is 0.517. The number of hydrogen-bond acceptors (Lipinski definition) is 7. The van der Waals surface area contributed by atoms with Crippen LogP contribution in [0.3, 0.4) is 0 Å². The number of H-pyrrole nitrogens is 1. The maximum absolute atomic E-state index is 11.6. The lowest BCUT2D eigenvalue weighted by molar-refractivity contribution is 0.521. The van der Waals surface area contributed by atoms with E-state index in [1.807, 2.05) is 0 Å². The van der Waals surface area contributed by atoms with Crippen molar-refractivity contribution in [3.63, 3.8) is 0 Å². The summed E-state index contributed by atoms with van der Waals surface area (Å²) in [6.45, 7) is 0.219. The van der Waals surface area contributed by atoms with Gasteiger partial charge in [0, 0.05) is 20.6 Å². The first kappa shape index (κ1) is 13.5. The Morgan fingerprint density at radius 2 is 2.16 bits per heavy atom. The molecule has 9 nitrogen and oxygen atoms in total. The lowest BCUT2D eigenvalue weighted by atomic mass is 10.4. The second kappa shape index (κ2) is 4.97. The maximum Gasteiger partial charge on any atom is 0.224 e. The lowest BCUT2D eigenvalue weighted by Crippen LogP contribution is -2.28. The topological polar surface area (TPSA) is 130 Å². The number of hydrogen-bond donors (Lipinski definition) is 3. The van der Waals surface area contributed by atoms with Crippen LogP contribution in [-0.4, -0.2) is 59.3 Å². The number of nitrogen functional groups attached to an aromatic ring is 1. The minimum atomic E-state index is -3.25. The average molecular weight is 285 g/mol. The molecule has 10 heteroatoms. The van der Waals surface area contributed by atoms with Crippen molar-refractivity contribution in [1.82, 2.24) is 24.5 Å². The van der Waals surface area contributed by atoms with E-state index in [-0.39, 0.29) is 18.2 Å². The SMILES string of the molecule is CN(C)S(=O)(=O)CCNc1nc(N)nc2[nH]ncc12. The van der Waals surface area contributed by atoms with Gasteiger partial charge in [-0.15, -0.1) is 0 Å². The van der Waals surface area contributed by atoms with Crippen LogP contribution < -0.4 is 11.1 Å². The summed E-state index contributed by atoms with van der Waals surface area (Å²) in [5.41, 5.74) is 6.06. The highest BCUT2D eigenvalue weighted by Gasteiger charge is 2.14. The van der Waals surface area contributed by atoms with Crippen molar-refractivity contribution < 1.29 is 8.42 Å². The Hall–Kier alpha value is -1.94. The maximum atomic E-state index is 11.6. The van der Waals surface area contributed by atoms with E-state index >= 15 is 0 Å². The van der Waals surface area contributed by atoms with Crippen molar-refractivity contribution in [3.05, 3.63) is 6.20 Å². The first-order valence-corrected chi connectivity index (χ1v) is 7.12. The summed E-state index contributed by atoms with van der Waals surface area (Å²) in [7, 11) is -0.261. The third kappa shape index (κ3) is 2.90. The fourth-order valence-electron chi connectivity index (χ4n) is 1.47. The molecule has 0 aromatic carbocycles. The van der Waals surface area contributed by atoms with Crippen molar-refractivity contribution >= 4 is 32.8 Å². The van der Waals surface area contributed by atoms with Crippen LogP contribution in [-0.2, 0) is 10.0 Å². The molecule has 2 rings (SSSR count). The molecule has 0 fully saturated rings. The summed E-state index contributed by atoms with van der Waals surface area (Å²) in [6, 6.07) is 0. The normalized spacial score (nSPS) is 12.2. The molecule has 2 aromatic heterocycles. The molecular weight excluding hydrogens is 270 g/mol. The van der Waals surface area contributed by atoms with Crippen LogP contribution in [0.15, 0.2) is 6.20 Å². The molecule has 0 atom stereocenters. The van der Waals surface area contributed by atoms with Gasteiger partial charge in [0.1, 0.15) is 5.82 Å². The Bertz CT molecular complexity index is 679. The fourth-order valence-corrected chi connectivity index (χ4v) is 2.19. The van der Waals surface area contributed by atoms with Crippen molar-refractivity contribution in [1.29, 1.82) is 0 Å². The lowest BCUT2D eigenvalue weighted by Gasteiger charge is -2.12. The summed E-state index contributed by atoms with van der Waals surface area (Å²) in [6.07, 6.45) is 1.55. The van der Waals surface area contributed by atoms with Crippen molar-refractivity contribution in [3.8, 4) is 0 Å². The molecule has 0 aliphatic carbocycles. The molecular formula is C9H15N7O2S. The first-order valence-electron chi connectivity index (χ1n) is 5.51. The molecule has 0 saturated carbocycles. The zero-order valence-electron chi connectivity index (χ0n) is 10.6. The van der Waals surface area contributed by atoms with E-state index in [0.717, 1.165) is 0 Å². The second-order valence-electron chi connectivity index (χ2n) is 4.09. The number of fused-ring (bicyclic) bond motifs is 1. The van der Waals surface area contributed by atoms with Gasteiger partial charge in [0.15, 0.2) is 5.65 Å². The van der Waals surface area contributed by atoms with Gasteiger partial charge < -0.3 is 11.1 Å². The predicted molar refractivity (Wildman–Crippen MR) is 72.1 cm³/mol. The summed E-state index contributed by atoms with van der Waals surface area (Å²) in [4.78, 5) is 7.99. The highest BCUT2D eigenvalue weighted by Crippen LogP contribution is 2.18. The Morgan fingerprint density at radius 1 is 1.42 bits per heavy atom. The molecule has 0 aliphatic heterocycles. The third-order valence-electron chi connectivity index (χ3n) is 2.54. The van der Waals surface area contributed by atoms with Gasteiger partial charge in [-0.1, -0.05) is 0 Å². The van der Waals surface area contributed by atoms with Gasteiger partial charge in [-0.3, -0.25) is 5.10 Å². The monoisotopic (exact) mass is 285 g/mol. The number of rotatable bonds is 5. The van der Waals surface area contributed by atoms with Crippen LogP contribution in [0.1, 0.15) is 0 Å². The smallest absolute Gasteiger partial charge is 0.224 e. The number of nitrogens with two attached hydrogens (primary N) is 1. The van der Waals surface area contributed by atoms with Crippen LogP contribution in [0.25, 0.3) is 11.0 Å². The summed E-state index contributed by atoms with van der Waals surface area (Å²) < 4.78 is 24.4. The number of sulfonamides is 1. The van der Waals surface area contributed by atoms with E-state index in [2.05, 4.69) is 25.5 Å². The zero-order valence-corrected chi connectivity index (χ0v) is 11.4. The molecule has 2 heterocycles. The molecule has 0 saturated heterocycles. The van der Waals surface area contributed by atoms with Gasteiger partial charge in [-0.2, -0.15) is 15.1 Å². The number of aromatic nitrogens is 4. The van der Waals surface area contributed by atoms with Gasteiger partial charge in [0.2, 0.25) is 16.0 Å². The van der Waals surface area contributed by atoms with Gasteiger partial charge in [0.05, 0.1) is 17.3 Å². The fraction of sp³-hybridized carbons (Fsp3) is 0.444. The standard InChI is InChI=1S/C9H15N7O2S/c1-16(2)19(17,18)4-3-11-7-6-5-12-15-8(6)14-9(10)13-7/h5H,3-4H2,1-2H3,(H4,10,11,12,13,14,15). The Morgan fingerprint density at radius 3 is 2.84 bits per heavy atom. The number of aromatic amines is 1. The van der Waals surface area contributed by atoms with Crippen LogP contribution >= 0.6 is 0 Å². The molecule has 0 amide bonds. The Kier molecular flexibility index (Phi) is 3.53. The van der Waals surface area contributed by atoms with E-state index in [0.29, 0.717) is 16.9 Å². The van der Waals surface area contributed by atoms with Crippen molar-refractivity contribution in [2.45, 2.75) is 0 Å². The highest BCUT2D eigenvalue weighted by molar-refractivity contribution is 7.89. The molecule has 0 aliphatic rings. The van der Waals surface area contributed by atoms with E-state index < -0.39 is 10.0 Å². The van der Waals surface area contributed by atoms with Gasteiger partial charge >= 0.3 is 0 Å². The number of anilines is 2. The molecule has 0 radical (unpaired) electrons. The number of nitrogens with zero attached hydrogens (tertiary/aromatic N) is 4. The molecule has 2 aromatic rings. The van der Waals surface area contributed by atoms with Gasteiger partial charge in [-0.25, -0.2) is 12.7 Å². The number of nitrogens with one attached hydrogen (secondary N) is 2. The third-order valence-corrected chi connectivity index (χ3v) is 4.37. The minimum Gasteiger partial charge on any atom is -0.368 e. The first-order chi connectivity index (χ1) is 8.90. The Labute approximate surface area is 110 Å². The van der Waals surface area contributed by atoms with E-state index in [4.69, 9.17) is 5.73 Å². The molecule has 0 bridgehead atoms. The summed E-state index contributed by atoms with van der Waals surface area (Å²) >= 11 is 0. The largest absolute Gasteiger partial charge is 0.368 e. The van der Waals surface area contributed by atoms with Crippen LogP contribution in [0.5, 0.6) is 0 Å². The average Bonchev–Trinajstić information content (AvgIpc) is 2.76. The molecule has 19 heavy (non-hydrogen) atoms. The minimum absolute atomic E-state index is 0.0384. The Balaban J connectivity index is 2.12. The quantitative estimate of drug-likeness (QED) is 0.658. The van der Waals surface area contributed by atoms with Gasteiger partial charge in [0.25, 0.3) is 0 Å². The molecule has 104 valence electrons. The van der Waals surface area contributed by atoms with Crippen LogP contribution in [0.4, 0.5) is 11.8 Å². The van der Waals surface area contributed by atoms with E-state index in [1.54, 1.807) is 6.20 Å². The van der Waals surface area contributed by atoms with E-state index in [9.17, 15) is 8.42 Å². The highest BCUT2D eigenvalue weighted by atomic mass is 32.2. The second-order valence-corrected chi connectivity index (χ2v) is 6.39. The van der Waals surface area contributed by atoms with Crippen LogP contribution in [0.2, 0.25) is 0 Å². The van der Waals surface area contributed by atoms with Crippen molar-refractivity contribution in [2.75, 3.05) is 37.4 Å². The molecule has 0 spiro atoms.